The summed E-state index contributed by atoms with van der Waals surface area (Å²) in [6, 6.07) is 13.5. The Balaban J connectivity index is 1.68. The third-order valence-electron chi connectivity index (χ3n) is 3.55. The van der Waals surface area contributed by atoms with Crippen LogP contribution in [0.15, 0.2) is 48.7 Å². The number of anilines is 1. The number of carbonyl (C=O) groups is 2. The van der Waals surface area contributed by atoms with Crippen LogP contribution in [0.4, 0.5) is 5.69 Å². The lowest BCUT2D eigenvalue weighted by molar-refractivity contribution is -0.137. The summed E-state index contributed by atoms with van der Waals surface area (Å²) in [6.45, 7) is 0.534. The van der Waals surface area contributed by atoms with Crippen LogP contribution in [-0.2, 0) is 16.0 Å². The van der Waals surface area contributed by atoms with Gasteiger partial charge in [0.15, 0.2) is 0 Å². The molecule has 0 aliphatic carbocycles. The van der Waals surface area contributed by atoms with Crippen molar-refractivity contribution in [2.24, 2.45) is 0 Å². The van der Waals surface area contributed by atoms with E-state index in [1.807, 2.05) is 30.3 Å². The minimum absolute atomic E-state index is 0.0872. The molecule has 2 rings (SSSR count). The summed E-state index contributed by atoms with van der Waals surface area (Å²) in [5, 5.41) is 11.3. The lowest BCUT2D eigenvalue weighted by atomic mass is 10.2. The molecule has 0 unspecified atom stereocenters. The van der Waals surface area contributed by atoms with Gasteiger partial charge in [0.2, 0.25) is 11.8 Å². The van der Waals surface area contributed by atoms with Gasteiger partial charge in [0, 0.05) is 25.3 Å². The molecule has 0 bridgehead atoms. The Morgan fingerprint density at radius 1 is 1.04 bits per heavy atom. The van der Waals surface area contributed by atoms with E-state index in [9.17, 15) is 9.59 Å². The van der Waals surface area contributed by atoms with Crippen LogP contribution >= 0.6 is 0 Å². The fourth-order valence-electron chi connectivity index (χ4n) is 2.24. The Labute approximate surface area is 146 Å². The highest BCUT2D eigenvalue weighted by atomic mass is 16.5. The Morgan fingerprint density at radius 2 is 1.80 bits per heavy atom. The fourth-order valence-corrected chi connectivity index (χ4v) is 2.24. The molecule has 6 heteroatoms. The lowest BCUT2D eigenvalue weighted by Crippen LogP contribution is -2.11. The summed E-state index contributed by atoms with van der Waals surface area (Å²) < 4.78 is 5.59. The van der Waals surface area contributed by atoms with Gasteiger partial charge in [-0.1, -0.05) is 30.3 Å². The molecule has 0 atom stereocenters. The number of rotatable bonds is 10. The van der Waals surface area contributed by atoms with Crippen LogP contribution < -0.4 is 10.1 Å². The summed E-state index contributed by atoms with van der Waals surface area (Å²) in [5.41, 5.74) is 1.80. The van der Waals surface area contributed by atoms with Crippen LogP contribution in [0.25, 0.3) is 0 Å². The summed E-state index contributed by atoms with van der Waals surface area (Å²) in [6.07, 6.45) is 3.78. The average Bonchev–Trinajstić information content (AvgIpc) is 2.61. The molecule has 0 aliphatic rings. The molecule has 0 spiro atoms. The molecule has 25 heavy (non-hydrogen) atoms. The highest BCUT2D eigenvalue weighted by molar-refractivity contribution is 5.90. The van der Waals surface area contributed by atoms with E-state index in [1.165, 1.54) is 5.56 Å². The second-order valence-corrected chi connectivity index (χ2v) is 5.62. The number of hydrogen-bond donors (Lipinski definition) is 2. The second-order valence-electron chi connectivity index (χ2n) is 5.62. The Bertz CT molecular complexity index is 672. The first-order chi connectivity index (χ1) is 12.1. The number of aromatic nitrogens is 1. The van der Waals surface area contributed by atoms with Crippen molar-refractivity contribution in [2.75, 3.05) is 11.9 Å². The van der Waals surface area contributed by atoms with E-state index in [1.54, 1.807) is 18.3 Å². The first-order valence-electron chi connectivity index (χ1n) is 8.28. The molecule has 0 saturated heterocycles. The van der Waals surface area contributed by atoms with E-state index >= 15 is 0 Å². The third-order valence-corrected chi connectivity index (χ3v) is 3.55. The van der Waals surface area contributed by atoms with E-state index in [2.05, 4.69) is 10.3 Å². The number of hydrogen-bond acceptors (Lipinski definition) is 4. The maximum absolute atomic E-state index is 11.8. The van der Waals surface area contributed by atoms with Crippen molar-refractivity contribution in [3.63, 3.8) is 0 Å². The maximum atomic E-state index is 11.8. The summed E-state index contributed by atoms with van der Waals surface area (Å²) in [5.74, 6) is -0.479. The van der Waals surface area contributed by atoms with Gasteiger partial charge in [0.25, 0.3) is 0 Å². The molecule has 0 saturated carbocycles. The number of carbonyl (C=O) groups excluding carboxylic acids is 1. The third kappa shape index (κ3) is 7.48. The predicted molar refractivity (Wildman–Crippen MR) is 94.6 cm³/mol. The second kappa shape index (κ2) is 10.1. The van der Waals surface area contributed by atoms with Gasteiger partial charge in [-0.25, -0.2) is 4.98 Å². The van der Waals surface area contributed by atoms with Crippen molar-refractivity contribution in [3.8, 4) is 5.88 Å². The largest absolute Gasteiger partial charge is 0.481 e. The first-order valence-corrected chi connectivity index (χ1v) is 8.28. The van der Waals surface area contributed by atoms with Gasteiger partial charge >= 0.3 is 5.97 Å². The average molecular weight is 342 g/mol. The van der Waals surface area contributed by atoms with E-state index in [0.29, 0.717) is 37.4 Å². The molecular weight excluding hydrogens is 320 g/mol. The Kier molecular flexibility index (Phi) is 7.43. The minimum atomic E-state index is -0.840. The van der Waals surface area contributed by atoms with Gasteiger partial charge < -0.3 is 15.2 Å². The van der Waals surface area contributed by atoms with Crippen molar-refractivity contribution < 1.29 is 19.4 Å². The highest BCUT2D eigenvalue weighted by Gasteiger charge is 2.05. The molecule has 0 aliphatic heterocycles. The van der Waals surface area contributed by atoms with Crippen LogP contribution in [0.5, 0.6) is 5.88 Å². The van der Waals surface area contributed by atoms with Gasteiger partial charge in [-0.3, -0.25) is 9.59 Å². The minimum Gasteiger partial charge on any atom is -0.481 e. The number of ether oxygens (including phenoxy) is 1. The standard InChI is InChI=1S/C19H22N2O4/c22-17(8-4-5-9-19(23)24)21-16-10-11-18(20-14-16)25-13-12-15-6-2-1-3-7-15/h1-3,6-7,10-11,14H,4-5,8-9,12-13H2,(H,21,22)(H,23,24). The van der Waals surface area contributed by atoms with Crippen LogP contribution in [0, 0.1) is 0 Å². The summed E-state index contributed by atoms with van der Waals surface area (Å²) >= 11 is 0. The van der Waals surface area contributed by atoms with Crippen LogP contribution in [0.1, 0.15) is 31.2 Å². The number of nitrogens with one attached hydrogen (secondary N) is 1. The number of pyridine rings is 1. The highest BCUT2D eigenvalue weighted by Crippen LogP contribution is 2.13. The van der Waals surface area contributed by atoms with E-state index in [4.69, 9.17) is 9.84 Å². The zero-order valence-corrected chi connectivity index (χ0v) is 14.0. The predicted octanol–water partition coefficient (Wildman–Crippen LogP) is 3.29. The number of carboxylic acid groups (broad SMARTS) is 1. The number of unbranched alkanes of at least 4 members (excludes halogenated alkanes) is 1. The fraction of sp³-hybridized carbons (Fsp3) is 0.316. The van der Waals surface area contributed by atoms with Crippen LogP contribution in [0.2, 0.25) is 0 Å². The summed E-state index contributed by atoms with van der Waals surface area (Å²) in [7, 11) is 0. The molecule has 1 heterocycles. The van der Waals surface area contributed by atoms with Gasteiger partial charge in [-0.05, 0) is 24.5 Å². The Hall–Kier alpha value is -2.89. The molecule has 1 aromatic carbocycles. The van der Waals surface area contributed by atoms with E-state index in [-0.39, 0.29) is 12.3 Å². The van der Waals surface area contributed by atoms with E-state index in [0.717, 1.165) is 6.42 Å². The lowest BCUT2D eigenvalue weighted by Gasteiger charge is -2.07. The number of aliphatic carboxylic acids is 1. The van der Waals surface area contributed by atoms with Crippen molar-refractivity contribution in [1.82, 2.24) is 4.98 Å². The summed E-state index contributed by atoms with van der Waals surface area (Å²) in [4.78, 5) is 26.3. The van der Waals surface area contributed by atoms with Gasteiger partial charge in [0.05, 0.1) is 18.5 Å². The number of carboxylic acids is 1. The smallest absolute Gasteiger partial charge is 0.303 e. The van der Waals surface area contributed by atoms with Gasteiger partial charge in [-0.15, -0.1) is 0 Å². The van der Waals surface area contributed by atoms with Crippen LogP contribution in [0.3, 0.4) is 0 Å². The van der Waals surface area contributed by atoms with Gasteiger partial charge in [0.1, 0.15) is 0 Å². The molecule has 2 N–H and O–H groups in total. The van der Waals surface area contributed by atoms with Crippen molar-refractivity contribution in [1.29, 1.82) is 0 Å². The molecule has 6 nitrogen and oxygen atoms in total. The molecule has 2 aromatic rings. The van der Waals surface area contributed by atoms with Crippen molar-refractivity contribution in [3.05, 3.63) is 54.2 Å². The Morgan fingerprint density at radius 3 is 2.48 bits per heavy atom. The topological polar surface area (TPSA) is 88.5 Å². The van der Waals surface area contributed by atoms with E-state index < -0.39 is 5.97 Å². The zero-order valence-electron chi connectivity index (χ0n) is 14.0. The SMILES string of the molecule is O=C(O)CCCCC(=O)Nc1ccc(OCCc2ccccc2)nc1. The molecule has 1 aromatic heterocycles. The number of benzene rings is 1. The van der Waals surface area contributed by atoms with Crippen molar-refractivity contribution in [2.45, 2.75) is 32.1 Å². The first kappa shape index (κ1) is 18.4. The molecule has 0 radical (unpaired) electrons. The molecular formula is C19H22N2O4. The number of nitrogens with zero attached hydrogens (tertiary/aromatic N) is 1. The molecule has 132 valence electrons. The maximum Gasteiger partial charge on any atom is 0.303 e. The monoisotopic (exact) mass is 342 g/mol. The van der Waals surface area contributed by atoms with Gasteiger partial charge in [-0.2, -0.15) is 0 Å². The number of amides is 1. The molecule has 1 amide bonds. The zero-order chi connectivity index (χ0) is 17.9. The van der Waals surface area contributed by atoms with Crippen molar-refractivity contribution >= 4 is 17.6 Å². The normalized spacial score (nSPS) is 10.2. The van der Waals surface area contributed by atoms with Crippen LogP contribution in [-0.4, -0.2) is 28.6 Å². The molecule has 0 fully saturated rings. The quantitative estimate of drug-likeness (QED) is 0.647.